The molecule has 0 aromatic carbocycles. The van der Waals surface area contributed by atoms with Crippen LogP contribution in [-0.2, 0) is 0 Å². The van der Waals surface area contributed by atoms with E-state index >= 15 is 0 Å². The van der Waals surface area contributed by atoms with Crippen LogP contribution in [0.15, 0.2) is 0 Å². The second-order valence-electron chi connectivity index (χ2n) is 4.93. The van der Waals surface area contributed by atoms with Crippen molar-refractivity contribution in [2.75, 3.05) is 0 Å². The minimum absolute atomic E-state index is 1.01. The number of hydrogen-bond acceptors (Lipinski definition) is 0. The fourth-order valence-electron chi connectivity index (χ4n) is 3.54. The van der Waals surface area contributed by atoms with Gasteiger partial charge in [-0.05, 0) is 48.9 Å². The van der Waals surface area contributed by atoms with E-state index in [1.807, 2.05) is 0 Å². The molecule has 11 heavy (non-hydrogen) atoms. The molecule has 0 aromatic heterocycles. The van der Waals surface area contributed by atoms with E-state index < -0.39 is 0 Å². The van der Waals surface area contributed by atoms with Crippen LogP contribution < -0.4 is 0 Å². The van der Waals surface area contributed by atoms with E-state index in [9.17, 15) is 0 Å². The van der Waals surface area contributed by atoms with Crippen LogP contribution in [0.4, 0.5) is 0 Å². The molecule has 64 valence electrons. The van der Waals surface area contributed by atoms with Gasteiger partial charge in [-0.3, -0.25) is 0 Å². The van der Waals surface area contributed by atoms with Gasteiger partial charge < -0.3 is 0 Å². The predicted molar refractivity (Wildman–Crippen MR) is 48.3 cm³/mol. The Morgan fingerprint density at radius 1 is 0.909 bits per heavy atom. The Labute approximate surface area is 70.4 Å². The van der Waals surface area contributed by atoms with E-state index in [0.29, 0.717) is 0 Å². The molecule has 0 unspecified atom stereocenters. The Hall–Kier alpha value is 0. The Balaban J connectivity index is 2.16. The van der Waals surface area contributed by atoms with E-state index in [4.69, 9.17) is 0 Å². The summed E-state index contributed by atoms with van der Waals surface area (Å²) in [6.07, 6.45) is 4.58. The molecule has 0 aliphatic heterocycles. The van der Waals surface area contributed by atoms with Crippen LogP contribution in [0.1, 0.15) is 40.0 Å². The van der Waals surface area contributed by atoms with E-state index in [-0.39, 0.29) is 0 Å². The highest BCUT2D eigenvalue weighted by atomic mass is 14.5. The standard InChI is InChI=1S/C11H20/c1-7-6-10-4-5-11(7)9(3)8(10)2/h7-11H,4-6H2,1-3H3/t7-,8-,9+,10+,11+/m1/s1. The lowest BCUT2D eigenvalue weighted by atomic mass is 9.56. The fraction of sp³-hybridized carbons (Fsp3) is 1.00. The first kappa shape index (κ1) is 7.64. The largest absolute Gasteiger partial charge is 0.0622 e. The highest BCUT2D eigenvalue weighted by Gasteiger charge is 2.42. The lowest BCUT2D eigenvalue weighted by Crippen LogP contribution is -2.41. The first-order valence-corrected chi connectivity index (χ1v) is 5.20. The summed E-state index contributed by atoms with van der Waals surface area (Å²) < 4.78 is 0. The topological polar surface area (TPSA) is 0 Å². The van der Waals surface area contributed by atoms with Crippen molar-refractivity contribution in [3.63, 3.8) is 0 Å². The summed E-state index contributed by atoms with van der Waals surface area (Å²) in [6.45, 7) is 7.39. The third kappa shape index (κ3) is 1.02. The second-order valence-corrected chi connectivity index (χ2v) is 4.93. The van der Waals surface area contributed by atoms with Crippen LogP contribution in [0.2, 0.25) is 0 Å². The third-order valence-electron chi connectivity index (χ3n) is 4.52. The normalized spacial score (nSPS) is 56.5. The molecule has 3 rings (SSSR count). The monoisotopic (exact) mass is 152 g/mol. The summed E-state index contributed by atoms with van der Waals surface area (Å²) in [5.41, 5.74) is 0. The van der Waals surface area contributed by atoms with Gasteiger partial charge in [0.1, 0.15) is 0 Å². The molecule has 3 aliphatic carbocycles. The zero-order valence-corrected chi connectivity index (χ0v) is 8.01. The second kappa shape index (κ2) is 2.50. The molecule has 0 N–H and O–H groups in total. The molecule has 0 aromatic rings. The van der Waals surface area contributed by atoms with Crippen LogP contribution >= 0.6 is 0 Å². The minimum Gasteiger partial charge on any atom is -0.0622 e. The molecule has 3 saturated carbocycles. The van der Waals surface area contributed by atoms with E-state index in [0.717, 1.165) is 29.6 Å². The summed E-state index contributed by atoms with van der Waals surface area (Å²) >= 11 is 0. The van der Waals surface area contributed by atoms with Gasteiger partial charge in [-0.2, -0.15) is 0 Å². The first-order chi connectivity index (χ1) is 5.20. The van der Waals surface area contributed by atoms with Gasteiger partial charge in [0.15, 0.2) is 0 Å². The van der Waals surface area contributed by atoms with Crippen molar-refractivity contribution >= 4 is 0 Å². The molecule has 0 amide bonds. The van der Waals surface area contributed by atoms with Gasteiger partial charge in [-0.1, -0.05) is 20.8 Å². The van der Waals surface area contributed by atoms with Gasteiger partial charge in [-0.25, -0.2) is 0 Å². The zero-order valence-electron chi connectivity index (χ0n) is 8.01. The molecule has 0 saturated heterocycles. The molecule has 0 heterocycles. The quantitative estimate of drug-likeness (QED) is 0.499. The molecule has 0 spiro atoms. The van der Waals surface area contributed by atoms with E-state index in [2.05, 4.69) is 20.8 Å². The smallest absolute Gasteiger partial charge is 0.0360 e. The van der Waals surface area contributed by atoms with Crippen molar-refractivity contribution in [1.29, 1.82) is 0 Å². The summed E-state index contributed by atoms with van der Waals surface area (Å²) in [4.78, 5) is 0. The van der Waals surface area contributed by atoms with Crippen LogP contribution in [0.3, 0.4) is 0 Å². The first-order valence-electron chi connectivity index (χ1n) is 5.20. The average molecular weight is 152 g/mol. The van der Waals surface area contributed by atoms with E-state index in [1.165, 1.54) is 19.3 Å². The van der Waals surface area contributed by atoms with Gasteiger partial charge in [0.05, 0.1) is 0 Å². The van der Waals surface area contributed by atoms with Gasteiger partial charge in [-0.15, -0.1) is 0 Å². The maximum absolute atomic E-state index is 2.47. The number of rotatable bonds is 0. The van der Waals surface area contributed by atoms with Crippen molar-refractivity contribution in [2.45, 2.75) is 40.0 Å². The van der Waals surface area contributed by atoms with Crippen molar-refractivity contribution < 1.29 is 0 Å². The average Bonchev–Trinajstić information content (AvgIpc) is 1.99. The lowest BCUT2D eigenvalue weighted by molar-refractivity contribution is 0.00108. The molecular formula is C11H20. The number of hydrogen-bond donors (Lipinski definition) is 0. The van der Waals surface area contributed by atoms with Gasteiger partial charge in [0, 0.05) is 0 Å². The number of fused-ring (bicyclic) bond motifs is 3. The Morgan fingerprint density at radius 3 is 2.09 bits per heavy atom. The highest BCUT2D eigenvalue weighted by Crippen LogP contribution is 2.51. The summed E-state index contributed by atoms with van der Waals surface area (Å²) in [6, 6.07) is 0. The summed E-state index contributed by atoms with van der Waals surface area (Å²) in [7, 11) is 0. The fourth-order valence-corrected chi connectivity index (χ4v) is 3.54. The van der Waals surface area contributed by atoms with Gasteiger partial charge in [0.25, 0.3) is 0 Å². The van der Waals surface area contributed by atoms with Crippen molar-refractivity contribution in [2.24, 2.45) is 29.6 Å². The Morgan fingerprint density at radius 2 is 1.64 bits per heavy atom. The molecule has 0 heteroatoms. The third-order valence-corrected chi connectivity index (χ3v) is 4.52. The van der Waals surface area contributed by atoms with Crippen LogP contribution in [-0.4, -0.2) is 0 Å². The van der Waals surface area contributed by atoms with Crippen molar-refractivity contribution in [3.8, 4) is 0 Å². The molecule has 0 radical (unpaired) electrons. The molecule has 3 aliphatic rings. The Bertz CT molecular complexity index is 148. The van der Waals surface area contributed by atoms with Gasteiger partial charge in [0.2, 0.25) is 0 Å². The van der Waals surface area contributed by atoms with Crippen LogP contribution in [0, 0.1) is 29.6 Å². The van der Waals surface area contributed by atoms with Crippen molar-refractivity contribution in [3.05, 3.63) is 0 Å². The maximum Gasteiger partial charge on any atom is -0.0360 e. The van der Waals surface area contributed by atoms with Crippen molar-refractivity contribution in [1.82, 2.24) is 0 Å². The minimum atomic E-state index is 1.01. The Kier molecular flexibility index (Phi) is 1.74. The molecule has 5 atom stereocenters. The SMILES string of the molecule is C[C@H]1[C@H]2CC[C@H]([C@H]1C)[C@H](C)C2. The van der Waals surface area contributed by atoms with E-state index in [1.54, 1.807) is 0 Å². The van der Waals surface area contributed by atoms with Crippen LogP contribution in [0.5, 0.6) is 0 Å². The summed E-state index contributed by atoms with van der Waals surface area (Å²) in [5, 5.41) is 0. The zero-order chi connectivity index (χ0) is 8.01. The molecule has 3 fully saturated rings. The molecule has 2 bridgehead atoms. The maximum atomic E-state index is 2.47. The molecule has 0 nitrogen and oxygen atoms in total. The molecular weight excluding hydrogens is 132 g/mol. The summed E-state index contributed by atoms with van der Waals surface area (Å²) in [5.74, 6) is 5.20. The highest BCUT2D eigenvalue weighted by molar-refractivity contribution is 4.91. The van der Waals surface area contributed by atoms with Crippen LogP contribution in [0.25, 0.3) is 0 Å². The van der Waals surface area contributed by atoms with Gasteiger partial charge >= 0.3 is 0 Å². The lowest BCUT2D eigenvalue weighted by Gasteiger charge is -2.49. The predicted octanol–water partition coefficient (Wildman–Crippen LogP) is 3.32.